The van der Waals surface area contributed by atoms with Crippen LogP contribution in [-0.2, 0) is 24.2 Å². The van der Waals surface area contributed by atoms with E-state index in [4.69, 9.17) is 17.3 Å². The Morgan fingerprint density at radius 3 is 2.43 bits per heavy atom. The Morgan fingerprint density at radius 1 is 0.898 bits per heavy atom. The number of aliphatic carboxylic acids is 1. The summed E-state index contributed by atoms with van der Waals surface area (Å²) in [7, 11) is 0. The number of aryl methyl sites for hydroxylation is 1. The van der Waals surface area contributed by atoms with E-state index in [2.05, 4.69) is 17.4 Å². The molecule has 6 nitrogen and oxygen atoms in total. The SMILES string of the molecule is Cc1cc(C(=O)C2Cc3cc(Cl)ccc3-c3ccc4c(c32)CCCC4CC(=O)O)ccc1NC(=O)c1ccccc1-c1ccc(CN)cc1. The number of nitrogens with two attached hydrogens (primary N) is 1. The Hall–Kier alpha value is -5.04. The van der Waals surface area contributed by atoms with E-state index in [1.54, 1.807) is 18.2 Å². The summed E-state index contributed by atoms with van der Waals surface area (Å²) >= 11 is 6.43. The van der Waals surface area contributed by atoms with Gasteiger partial charge in [0.1, 0.15) is 0 Å². The molecular weight excluding hydrogens is 632 g/mol. The molecule has 2 unspecified atom stereocenters. The molecule has 0 heterocycles. The van der Waals surface area contributed by atoms with Crippen LogP contribution in [0.2, 0.25) is 5.02 Å². The van der Waals surface area contributed by atoms with Gasteiger partial charge >= 0.3 is 5.97 Å². The average Bonchev–Trinajstić information content (AvgIpc) is 3.11. The third-order valence-corrected chi connectivity index (χ3v) is 10.3. The van der Waals surface area contributed by atoms with Gasteiger partial charge in [0.05, 0.1) is 12.3 Å². The molecule has 0 bridgehead atoms. The number of rotatable bonds is 8. The number of carboxylic acid groups (broad SMARTS) is 1. The number of ketones is 1. The Morgan fingerprint density at radius 2 is 1.67 bits per heavy atom. The highest BCUT2D eigenvalue weighted by molar-refractivity contribution is 6.30. The molecule has 5 aromatic rings. The Kier molecular flexibility index (Phi) is 8.93. The largest absolute Gasteiger partial charge is 0.481 e. The fourth-order valence-electron chi connectivity index (χ4n) is 7.72. The van der Waals surface area contributed by atoms with Crippen LogP contribution in [0.5, 0.6) is 0 Å². The first-order chi connectivity index (χ1) is 23.7. The predicted molar refractivity (Wildman–Crippen MR) is 194 cm³/mol. The van der Waals surface area contributed by atoms with E-state index in [9.17, 15) is 19.5 Å². The van der Waals surface area contributed by atoms with Crippen molar-refractivity contribution in [3.8, 4) is 22.3 Å². The average molecular weight is 669 g/mol. The second-order valence-electron chi connectivity index (χ2n) is 13.1. The van der Waals surface area contributed by atoms with E-state index < -0.39 is 11.9 Å². The second kappa shape index (κ2) is 13.5. The van der Waals surface area contributed by atoms with Gasteiger partial charge in [0.15, 0.2) is 5.78 Å². The van der Waals surface area contributed by atoms with Gasteiger partial charge in [-0.15, -0.1) is 0 Å². The van der Waals surface area contributed by atoms with Crippen LogP contribution in [0.4, 0.5) is 5.69 Å². The lowest BCUT2D eigenvalue weighted by atomic mass is 9.69. The molecule has 0 fully saturated rings. The van der Waals surface area contributed by atoms with Crippen LogP contribution >= 0.6 is 11.6 Å². The highest BCUT2D eigenvalue weighted by atomic mass is 35.5. The van der Waals surface area contributed by atoms with Crippen molar-refractivity contribution < 1.29 is 19.5 Å². The second-order valence-corrected chi connectivity index (χ2v) is 13.6. The summed E-state index contributed by atoms with van der Waals surface area (Å²) in [6.07, 6.45) is 3.09. The van der Waals surface area contributed by atoms with Crippen LogP contribution in [-0.4, -0.2) is 22.8 Å². The molecule has 5 aromatic carbocycles. The van der Waals surface area contributed by atoms with Crippen molar-refractivity contribution in [2.45, 2.75) is 57.4 Å². The van der Waals surface area contributed by atoms with Crippen molar-refractivity contribution in [1.82, 2.24) is 0 Å². The van der Waals surface area contributed by atoms with E-state index in [1.807, 2.05) is 73.7 Å². The lowest BCUT2D eigenvalue weighted by molar-refractivity contribution is -0.137. The highest BCUT2D eigenvalue weighted by Crippen LogP contribution is 2.48. The van der Waals surface area contributed by atoms with Crippen LogP contribution in [0, 0.1) is 6.92 Å². The molecule has 0 saturated heterocycles. The van der Waals surface area contributed by atoms with Crippen molar-refractivity contribution >= 4 is 34.9 Å². The van der Waals surface area contributed by atoms with Gasteiger partial charge in [0.2, 0.25) is 0 Å². The van der Waals surface area contributed by atoms with Crippen molar-refractivity contribution in [3.05, 3.63) is 147 Å². The lowest BCUT2D eigenvalue weighted by Gasteiger charge is -2.34. The van der Waals surface area contributed by atoms with E-state index in [0.29, 0.717) is 34.8 Å². The van der Waals surface area contributed by atoms with Gasteiger partial charge in [-0.3, -0.25) is 14.4 Å². The number of carboxylic acids is 1. The number of Topliss-reactive ketones (excluding diaryl/α,β-unsaturated/α-hetero) is 1. The van der Waals surface area contributed by atoms with E-state index in [1.165, 1.54) is 0 Å². The number of hydrogen-bond donors (Lipinski definition) is 3. The van der Waals surface area contributed by atoms with Gasteiger partial charge in [-0.2, -0.15) is 0 Å². The summed E-state index contributed by atoms with van der Waals surface area (Å²) in [5.41, 5.74) is 17.3. The summed E-state index contributed by atoms with van der Waals surface area (Å²) in [5, 5.41) is 13.3. The molecule has 49 heavy (non-hydrogen) atoms. The van der Waals surface area contributed by atoms with Gasteiger partial charge in [0, 0.05) is 28.4 Å². The van der Waals surface area contributed by atoms with E-state index in [-0.39, 0.29) is 24.0 Å². The minimum atomic E-state index is -0.810. The number of nitrogens with one attached hydrogen (secondary N) is 1. The highest BCUT2D eigenvalue weighted by Gasteiger charge is 2.36. The fraction of sp³-hybridized carbons (Fsp3) is 0.214. The summed E-state index contributed by atoms with van der Waals surface area (Å²) in [6, 6.07) is 30.8. The van der Waals surface area contributed by atoms with Crippen LogP contribution in [0.25, 0.3) is 22.3 Å². The van der Waals surface area contributed by atoms with Crippen LogP contribution < -0.4 is 11.1 Å². The Labute approximate surface area is 290 Å². The van der Waals surface area contributed by atoms with Gasteiger partial charge in [-0.1, -0.05) is 72.3 Å². The molecule has 1 amide bonds. The summed E-state index contributed by atoms with van der Waals surface area (Å²) in [4.78, 5) is 39.9. The van der Waals surface area contributed by atoms with Gasteiger partial charge in [0.25, 0.3) is 5.91 Å². The molecular formula is C42H37ClN2O4. The number of hydrogen-bond acceptors (Lipinski definition) is 4. The maximum absolute atomic E-state index is 14.5. The molecule has 7 rings (SSSR count). The number of fused-ring (bicyclic) bond motifs is 5. The molecule has 0 spiro atoms. The monoisotopic (exact) mass is 668 g/mol. The third kappa shape index (κ3) is 6.30. The van der Waals surface area contributed by atoms with Crippen molar-refractivity contribution in [3.63, 3.8) is 0 Å². The smallest absolute Gasteiger partial charge is 0.303 e. The predicted octanol–water partition coefficient (Wildman–Crippen LogP) is 9.11. The molecule has 7 heteroatoms. The normalized spacial score (nSPS) is 16.2. The topological polar surface area (TPSA) is 109 Å². The van der Waals surface area contributed by atoms with Crippen molar-refractivity contribution in [2.75, 3.05) is 5.32 Å². The minimum Gasteiger partial charge on any atom is -0.481 e. The summed E-state index contributed by atoms with van der Waals surface area (Å²) in [5.74, 6) is -1.58. The molecule has 0 radical (unpaired) electrons. The third-order valence-electron chi connectivity index (χ3n) is 10.1. The fourth-order valence-corrected chi connectivity index (χ4v) is 7.92. The molecule has 4 N–H and O–H groups in total. The van der Waals surface area contributed by atoms with Crippen LogP contribution in [0.1, 0.15) is 85.2 Å². The molecule has 2 atom stereocenters. The number of amides is 1. The molecule has 246 valence electrons. The number of halogens is 1. The van der Waals surface area contributed by atoms with Gasteiger partial charge < -0.3 is 16.2 Å². The number of carbonyl (C=O) groups is 3. The molecule has 0 saturated carbocycles. The quantitative estimate of drug-likeness (QED) is 0.143. The Bertz CT molecular complexity index is 2120. The minimum absolute atomic E-state index is 0.00659. The zero-order valence-electron chi connectivity index (χ0n) is 27.3. The first-order valence-electron chi connectivity index (χ1n) is 16.7. The maximum Gasteiger partial charge on any atom is 0.303 e. The van der Waals surface area contributed by atoms with E-state index >= 15 is 0 Å². The van der Waals surface area contributed by atoms with Crippen molar-refractivity contribution in [1.29, 1.82) is 0 Å². The molecule has 2 aliphatic rings. The molecule has 0 aliphatic heterocycles. The zero-order valence-corrected chi connectivity index (χ0v) is 28.0. The first-order valence-corrected chi connectivity index (χ1v) is 17.1. The first kappa shape index (κ1) is 32.5. The van der Waals surface area contributed by atoms with E-state index in [0.717, 1.165) is 74.9 Å². The Balaban J connectivity index is 1.21. The molecule has 2 aliphatic carbocycles. The van der Waals surface area contributed by atoms with Gasteiger partial charge in [-0.25, -0.2) is 0 Å². The lowest BCUT2D eigenvalue weighted by Crippen LogP contribution is -2.25. The maximum atomic E-state index is 14.5. The van der Waals surface area contributed by atoms with Crippen molar-refractivity contribution in [2.24, 2.45) is 5.73 Å². The number of anilines is 1. The summed E-state index contributed by atoms with van der Waals surface area (Å²) in [6.45, 7) is 2.34. The standard InChI is InChI=1S/C42H37ClN2O4/c1-24-19-28(13-18-38(24)45-42(49)36-7-3-2-6-31(36)26-11-9-25(23-44)10-12-26)41(48)37-21-29-20-30(43)14-15-33(29)35-17-16-32-27(22-39(46)47)5-4-8-34(32)40(35)37/h2-3,6-7,9-20,27,37H,4-5,8,21-23,44H2,1H3,(H,45,49)(H,46,47). The zero-order chi connectivity index (χ0) is 34.2. The van der Waals surface area contributed by atoms with Gasteiger partial charge in [-0.05, 0) is 131 Å². The summed E-state index contributed by atoms with van der Waals surface area (Å²) < 4.78 is 0. The number of benzene rings is 5. The van der Waals surface area contributed by atoms with Crippen LogP contribution in [0.15, 0.2) is 97.1 Å². The van der Waals surface area contributed by atoms with Crippen LogP contribution in [0.3, 0.4) is 0 Å². The number of carbonyl (C=O) groups excluding carboxylic acids is 2. The molecule has 0 aromatic heterocycles.